The second-order valence-corrected chi connectivity index (χ2v) is 7.04. The van der Waals surface area contributed by atoms with Crippen molar-refractivity contribution >= 4 is 17.6 Å². The lowest BCUT2D eigenvalue weighted by atomic mass is 9.79. The van der Waals surface area contributed by atoms with Gasteiger partial charge < -0.3 is 10.4 Å². The molecule has 24 heavy (non-hydrogen) atoms. The molecule has 0 saturated heterocycles. The Labute approximate surface area is 147 Å². The summed E-state index contributed by atoms with van der Waals surface area (Å²) < 4.78 is 0. The summed E-state index contributed by atoms with van der Waals surface area (Å²) in [6.07, 6.45) is 4.85. The highest BCUT2D eigenvalue weighted by Crippen LogP contribution is 2.41. The van der Waals surface area contributed by atoms with E-state index in [0.717, 1.165) is 17.1 Å². The minimum absolute atomic E-state index is 0.162. The number of carboxylic acid groups (broad SMARTS) is 1. The third kappa shape index (κ3) is 3.80. The largest absolute Gasteiger partial charge is 0.478 e. The molecular weight excluding hydrogens is 322 g/mol. The lowest BCUT2D eigenvalue weighted by Crippen LogP contribution is -2.35. The van der Waals surface area contributed by atoms with Crippen LogP contribution in [0.1, 0.15) is 47.2 Å². The number of hydrogen-bond donors (Lipinski definition) is 2. The zero-order valence-corrected chi connectivity index (χ0v) is 14.4. The Hall–Kier alpha value is -1.84. The van der Waals surface area contributed by atoms with Crippen molar-refractivity contribution in [2.24, 2.45) is 0 Å². The Bertz CT molecular complexity index is 706. The third-order valence-electron chi connectivity index (χ3n) is 4.98. The van der Waals surface area contributed by atoms with Gasteiger partial charge in [-0.05, 0) is 48.2 Å². The van der Waals surface area contributed by atoms with Gasteiger partial charge in [-0.3, -0.25) is 0 Å². The number of rotatable bonds is 6. The first kappa shape index (κ1) is 17.0. The van der Waals surface area contributed by atoms with Gasteiger partial charge in [-0.1, -0.05) is 48.7 Å². The SMILES string of the molecule is O=C(O)c1cccc(CNCC2(c3ccc(Cl)cc3)CCCC2)c1. The third-order valence-corrected chi connectivity index (χ3v) is 5.24. The second kappa shape index (κ2) is 7.37. The molecule has 0 radical (unpaired) electrons. The quantitative estimate of drug-likeness (QED) is 0.803. The smallest absolute Gasteiger partial charge is 0.335 e. The molecule has 3 nitrogen and oxygen atoms in total. The summed E-state index contributed by atoms with van der Waals surface area (Å²) in [4.78, 5) is 11.1. The summed E-state index contributed by atoms with van der Waals surface area (Å²) in [6, 6.07) is 15.3. The predicted octanol–water partition coefficient (Wildman–Crippen LogP) is 4.64. The van der Waals surface area contributed by atoms with E-state index >= 15 is 0 Å². The van der Waals surface area contributed by atoms with Gasteiger partial charge in [-0.2, -0.15) is 0 Å². The van der Waals surface area contributed by atoms with Crippen molar-refractivity contribution in [1.82, 2.24) is 5.32 Å². The van der Waals surface area contributed by atoms with E-state index in [1.54, 1.807) is 18.2 Å². The van der Waals surface area contributed by atoms with E-state index in [2.05, 4.69) is 17.4 Å². The van der Waals surface area contributed by atoms with Crippen molar-refractivity contribution in [3.8, 4) is 0 Å². The first-order valence-corrected chi connectivity index (χ1v) is 8.76. The highest BCUT2D eigenvalue weighted by molar-refractivity contribution is 6.30. The minimum Gasteiger partial charge on any atom is -0.478 e. The Morgan fingerprint density at radius 3 is 2.50 bits per heavy atom. The maximum Gasteiger partial charge on any atom is 0.335 e. The van der Waals surface area contributed by atoms with Gasteiger partial charge in [-0.15, -0.1) is 0 Å². The molecule has 1 aliphatic rings. The predicted molar refractivity (Wildman–Crippen MR) is 96.7 cm³/mol. The maximum atomic E-state index is 11.1. The molecular formula is C20H22ClNO2. The van der Waals surface area contributed by atoms with E-state index in [0.29, 0.717) is 12.1 Å². The lowest BCUT2D eigenvalue weighted by Gasteiger charge is -2.30. The summed E-state index contributed by atoms with van der Waals surface area (Å²) in [5, 5.41) is 13.4. The molecule has 1 fully saturated rings. The molecule has 2 aromatic rings. The average Bonchev–Trinajstić information content (AvgIpc) is 3.06. The number of carboxylic acids is 1. The molecule has 126 valence electrons. The molecule has 0 amide bonds. The van der Waals surface area contributed by atoms with Gasteiger partial charge in [0.15, 0.2) is 0 Å². The average molecular weight is 344 g/mol. The fourth-order valence-electron chi connectivity index (χ4n) is 3.68. The number of halogens is 1. The molecule has 2 aromatic carbocycles. The van der Waals surface area contributed by atoms with Crippen LogP contribution in [0.4, 0.5) is 0 Å². The number of benzene rings is 2. The normalized spacial score (nSPS) is 16.2. The summed E-state index contributed by atoms with van der Waals surface area (Å²) in [5.74, 6) is -0.884. The van der Waals surface area contributed by atoms with Crippen molar-refractivity contribution < 1.29 is 9.90 Å². The van der Waals surface area contributed by atoms with Crippen molar-refractivity contribution in [2.45, 2.75) is 37.6 Å². The fraction of sp³-hybridized carbons (Fsp3) is 0.350. The van der Waals surface area contributed by atoms with Crippen LogP contribution in [-0.2, 0) is 12.0 Å². The van der Waals surface area contributed by atoms with Gasteiger partial charge in [0.1, 0.15) is 0 Å². The van der Waals surface area contributed by atoms with Crippen LogP contribution in [0.5, 0.6) is 0 Å². The van der Waals surface area contributed by atoms with E-state index in [9.17, 15) is 4.79 Å². The monoisotopic (exact) mass is 343 g/mol. The zero-order chi connectivity index (χ0) is 17.0. The molecule has 3 rings (SSSR count). The van der Waals surface area contributed by atoms with E-state index in [1.807, 2.05) is 18.2 Å². The number of hydrogen-bond acceptors (Lipinski definition) is 2. The highest BCUT2D eigenvalue weighted by atomic mass is 35.5. The van der Waals surface area contributed by atoms with E-state index in [-0.39, 0.29) is 5.41 Å². The first-order chi connectivity index (χ1) is 11.6. The van der Waals surface area contributed by atoms with Crippen molar-refractivity contribution in [3.63, 3.8) is 0 Å². The molecule has 0 aromatic heterocycles. The maximum absolute atomic E-state index is 11.1. The molecule has 0 spiro atoms. The summed E-state index contributed by atoms with van der Waals surface area (Å²) >= 11 is 6.02. The van der Waals surface area contributed by atoms with Gasteiger partial charge in [0.05, 0.1) is 5.56 Å². The zero-order valence-electron chi connectivity index (χ0n) is 13.6. The highest BCUT2D eigenvalue weighted by Gasteiger charge is 2.35. The van der Waals surface area contributed by atoms with E-state index in [1.165, 1.54) is 31.2 Å². The molecule has 2 N–H and O–H groups in total. The van der Waals surface area contributed by atoms with Crippen LogP contribution in [0, 0.1) is 0 Å². The van der Waals surface area contributed by atoms with Crippen LogP contribution in [-0.4, -0.2) is 17.6 Å². The number of aromatic carboxylic acids is 1. The second-order valence-electron chi connectivity index (χ2n) is 6.60. The number of carbonyl (C=O) groups is 1. The van der Waals surface area contributed by atoms with Gasteiger partial charge in [0.2, 0.25) is 0 Å². The molecule has 1 aliphatic carbocycles. The first-order valence-electron chi connectivity index (χ1n) is 8.38. The van der Waals surface area contributed by atoms with Gasteiger partial charge in [-0.25, -0.2) is 4.79 Å². The molecule has 4 heteroatoms. The van der Waals surface area contributed by atoms with E-state index < -0.39 is 5.97 Å². The van der Waals surface area contributed by atoms with Crippen molar-refractivity contribution in [3.05, 3.63) is 70.2 Å². The molecule has 0 atom stereocenters. The van der Waals surface area contributed by atoms with Crippen LogP contribution in [0.2, 0.25) is 5.02 Å². The summed E-state index contributed by atoms with van der Waals surface area (Å²) in [5.41, 5.74) is 2.84. The molecule has 0 heterocycles. The topological polar surface area (TPSA) is 49.3 Å². The van der Waals surface area contributed by atoms with Crippen LogP contribution in [0.3, 0.4) is 0 Å². The van der Waals surface area contributed by atoms with Crippen molar-refractivity contribution in [1.29, 1.82) is 0 Å². The Morgan fingerprint density at radius 2 is 1.83 bits per heavy atom. The number of nitrogens with one attached hydrogen (secondary N) is 1. The van der Waals surface area contributed by atoms with Crippen LogP contribution < -0.4 is 5.32 Å². The van der Waals surface area contributed by atoms with Crippen LogP contribution in [0.25, 0.3) is 0 Å². The summed E-state index contributed by atoms with van der Waals surface area (Å²) in [6.45, 7) is 1.57. The Kier molecular flexibility index (Phi) is 5.22. The van der Waals surface area contributed by atoms with Gasteiger partial charge >= 0.3 is 5.97 Å². The molecule has 0 aliphatic heterocycles. The lowest BCUT2D eigenvalue weighted by molar-refractivity contribution is 0.0696. The van der Waals surface area contributed by atoms with Crippen LogP contribution >= 0.6 is 11.6 Å². The minimum atomic E-state index is -0.884. The van der Waals surface area contributed by atoms with Crippen LogP contribution in [0.15, 0.2) is 48.5 Å². The fourth-order valence-corrected chi connectivity index (χ4v) is 3.81. The standard InChI is InChI=1S/C20H22ClNO2/c21-18-8-6-17(7-9-18)20(10-1-2-11-20)14-22-13-15-4-3-5-16(12-15)19(23)24/h3-9,12,22H,1-2,10-11,13-14H2,(H,23,24). The van der Waals surface area contributed by atoms with Gasteiger partial charge in [0.25, 0.3) is 0 Å². The molecule has 1 saturated carbocycles. The van der Waals surface area contributed by atoms with Gasteiger partial charge in [0, 0.05) is 23.5 Å². The van der Waals surface area contributed by atoms with Crippen molar-refractivity contribution in [2.75, 3.05) is 6.54 Å². The van der Waals surface area contributed by atoms with E-state index in [4.69, 9.17) is 16.7 Å². The molecule has 0 bridgehead atoms. The Morgan fingerprint density at radius 1 is 1.12 bits per heavy atom. The molecule has 0 unspecified atom stereocenters. The Balaban J connectivity index is 1.68. The summed E-state index contributed by atoms with van der Waals surface area (Å²) in [7, 11) is 0.